The van der Waals surface area contributed by atoms with Gasteiger partial charge < -0.3 is 9.47 Å². The average Bonchev–Trinajstić information content (AvgIpc) is 2.94. The summed E-state index contributed by atoms with van der Waals surface area (Å²) in [6, 6.07) is 12.3. The van der Waals surface area contributed by atoms with Crippen molar-refractivity contribution in [3.8, 4) is 11.5 Å². The summed E-state index contributed by atoms with van der Waals surface area (Å²) < 4.78 is 12.1. The Labute approximate surface area is 135 Å². The summed E-state index contributed by atoms with van der Waals surface area (Å²) in [5.41, 5.74) is 3.62. The molecule has 0 radical (unpaired) electrons. The van der Waals surface area contributed by atoms with Gasteiger partial charge in [-0.15, -0.1) is 0 Å². The Hall–Kier alpha value is -1.00. The molecule has 0 aromatic heterocycles. The maximum Gasteiger partial charge on any atom is 0.127 e. The van der Waals surface area contributed by atoms with Gasteiger partial charge in [-0.3, -0.25) is 0 Å². The van der Waals surface area contributed by atoms with Gasteiger partial charge in [0, 0.05) is 16.5 Å². The van der Waals surface area contributed by atoms with E-state index in [-0.39, 0.29) is 4.83 Å². The van der Waals surface area contributed by atoms with Crippen LogP contribution >= 0.6 is 31.9 Å². The van der Waals surface area contributed by atoms with Crippen molar-refractivity contribution >= 4 is 31.9 Å². The van der Waals surface area contributed by atoms with Gasteiger partial charge >= 0.3 is 0 Å². The molecule has 1 heterocycles. The van der Waals surface area contributed by atoms with Crippen molar-refractivity contribution in [3.63, 3.8) is 0 Å². The zero-order valence-corrected chi connectivity index (χ0v) is 14.2. The molecule has 104 valence electrons. The fourth-order valence-corrected chi connectivity index (χ4v) is 3.61. The van der Waals surface area contributed by atoms with Gasteiger partial charge in [0.1, 0.15) is 11.5 Å². The standard InChI is InChI=1S/C16H14Br2O2/c1-19-13-4-2-10(3-5-13)15(18)14-9-12(17)8-11-6-7-20-16(11)14/h2-5,8-9,15H,6-7H2,1H3. The molecule has 4 heteroatoms. The Morgan fingerprint density at radius 2 is 1.95 bits per heavy atom. The van der Waals surface area contributed by atoms with E-state index in [0.717, 1.165) is 34.6 Å². The van der Waals surface area contributed by atoms with E-state index in [1.807, 2.05) is 12.1 Å². The number of ether oxygens (including phenoxy) is 2. The molecular weight excluding hydrogens is 384 g/mol. The van der Waals surface area contributed by atoms with Crippen molar-refractivity contribution in [2.45, 2.75) is 11.2 Å². The van der Waals surface area contributed by atoms with Crippen molar-refractivity contribution in [2.24, 2.45) is 0 Å². The van der Waals surface area contributed by atoms with Gasteiger partial charge in [-0.25, -0.2) is 0 Å². The molecule has 20 heavy (non-hydrogen) atoms. The number of alkyl halides is 1. The minimum absolute atomic E-state index is 0.109. The quantitative estimate of drug-likeness (QED) is 0.687. The second-order valence-electron chi connectivity index (χ2n) is 4.72. The third-order valence-electron chi connectivity index (χ3n) is 3.46. The molecule has 0 saturated carbocycles. The summed E-state index contributed by atoms with van der Waals surface area (Å²) in [4.78, 5) is 0.109. The highest BCUT2D eigenvalue weighted by atomic mass is 79.9. The number of hydrogen-bond acceptors (Lipinski definition) is 2. The topological polar surface area (TPSA) is 18.5 Å². The fraction of sp³-hybridized carbons (Fsp3) is 0.250. The lowest BCUT2D eigenvalue weighted by atomic mass is 10.0. The minimum atomic E-state index is 0.109. The molecule has 2 nitrogen and oxygen atoms in total. The summed E-state index contributed by atoms with van der Waals surface area (Å²) in [5.74, 6) is 1.88. The van der Waals surface area contributed by atoms with Crippen molar-refractivity contribution < 1.29 is 9.47 Å². The predicted molar refractivity (Wildman–Crippen MR) is 87.1 cm³/mol. The molecule has 0 fully saturated rings. The second kappa shape index (κ2) is 5.78. The number of benzene rings is 2. The molecule has 1 unspecified atom stereocenters. The molecular formula is C16H14Br2O2. The number of fused-ring (bicyclic) bond motifs is 1. The van der Waals surface area contributed by atoms with Crippen molar-refractivity contribution in [1.29, 1.82) is 0 Å². The average molecular weight is 398 g/mol. The Kier molecular flexibility index (Phi) is 4.03. The highest BCUT2D eigenvalue weighted by molar-refractivity contribution is 9.10. The molecule has 0 amide bonds. The number of methoxy groups -OCH3 is 1. The van der Waals surface area contributed by atoms with Gasteiger partial charge in [-0.05, 0) is 35.4 Å². The van der Waals surface area contributed by atoms with Crippen LogP contribution in [0.25, 0.3) is 0 Å². The molecule has 0 aliphatic carbocycles. The zero-order valence-electron chi connectivity index (χ0n) is 11.0. The van der Waals surface area contributed by atoms with Gasteiger partial charge in [-0.2, -0.15) is 0 Å². The monoisotopic (exact) mass is 396 g/mol. The van der Waals surface area contributed by atoms with E-state index < -0.39 is 0 Å². The molecule has 2 aromatic carbocycles. The summed E-state index contributed by atoms with van der Waals surface area (Å²) >= 11 is 7.37. The Balaban J connectivity index is 1.99. The number of rotatable bonds is 3. The number of halogens is 2. The highest BCUT2D eigenvalue weighted by Crippen LogP contribution is 2.42. The van der Waals surface area contributed by atoms with Crippen LogP contribution in [0, 0.1) is 0 Å². The van der Waals surface area contributed by atoms with Gasteiger partial charge in [0.25, 0.3) is 0 Å². The number of hydrogen-bond donors (Lipinski definition) is 0. The Morgan fingerprint density at radius 3 is 2.65 bits per heavy atom. The first-order chi connectivity index (χ1) is 9.69. The van der Waals surface area contributed by atoms with Crippen LogP contribution in [0.1, 0.15) is 21.5 Å². The largest absolute Gasteiger partial charge is 0.497 e. The smallest absolute Gasteiger partial charge is 0.127 e. The fourth-order valence-electron chi connectivity index (χ4n) is 2.44. The molecule has 1 aliphatic heterocycles. The van der Waals surface area contributed by atoms with E-state index in [0.29, 0.717) is 0 Å². The molecule has 0 saturated heterocycles. The van der Waals surface area contributed by atoms with E-state index in [1.165, 1.54) is 11.1 Å². The van der Waals surface area contributed by atoms with Gasteiger partial charge in [0.15, 0.2) is 0 Å². The molecule has 0 bridgehead atoms. The van der Waals surface area contributed by atoms with E-state index >= 15 is 0 Å². The summed E-state index contributed by atoms with van der Waals surface area (Å²) in [5, 5.41) is 0. The lowest BCUT2D eigenvalue weighted by molar-refractivity contribution is 0.354. The van der Waals surface area contributed by atoms with Crippen molar-refractivity contribution in [1.82, 2.24) is 0 Å². The normalized spacial score (nSPS) is 14.6. The lowest BCUT2D eigenvalue weighted by Crippen LogP contribution is -1.97. The first kappa shape index (κ1) is 14.0. The molecule has 0 spiro atoms. The minimum Gasteiger partial charge on any atom is -0.497 e. The van der Waals surface area contributed by atoms with Crippen LogP contribution in [0.4, 0.5) is 0 Å². The first-order valence-electron chi connectivity index (χ1n) is 6.42. The van der Waals surface area contributed by atoms with Crippen molar-refractivity contribution in [3.05, 3.63) is 57.6 Å². The summed E-state index contributed by atoms with van der Waals surface area (Å²) in [6.07, 6.45) is 0.976. The zero-order chi connectivity index (χ0) is 14.1. The molecule has 1 atom stereocenters. The van der Waals surface area contributed by atoms with Crippen LogP contribution < -0.4 is 9.47 Å². The third-order valence-corrected chi connectivity index (χ3v) is 4.94. The van der Waals surface area contributed by atoms with Crippen LogP contribution in [0.15, 0.2) is 40.9 Å². The lowest BCUT2D eigenvalue weighted by Gasteiger charge is -2.15. The summed E-state index contributed by atoms with van der Waals surface area (Å²) in [6.45, 7) is 0.765. The second-order valence-corrected chi connectivity index (χ2v) is 6.55. The van der Waals surface area contributed by atoms with Crippen LogP contribution in [0.2, 0.25) is 0 Å². The van der Waals surface area contributed by atoms with Crippen LogP contribution in [0.3, 0.4) is 0 Å². The van der Waals surface area contributed by atoms with Gasteiger partial charge in [0.05, 0.1) is 18.5 Å². The van der Waals surface area contributed by atoms with E-state index in [1.54, 1.807) is 7.11 Å². The first-order valence-corrected chi connectivity index (χ1v) is 8.13. The van der Waals surface area contributed by atoms with Crippen LogP contribution in [-0.2, 0) is 6.42 Å². The van der Waals surface area contributed by atoms with Crippen molar-refractivity contribution in [2.75, 3.05) is 13.7 Å². The third kappa shape index (κ3) is 2.59. The highest BCUT2D eigenvalue weighted by Gasteiger charge is 2.22. The maximum absolute atomic E-state index is 5.80. The molecule has 3 rings (SSSR count). The molecule has 2 aromatic rings. The van der Waals surface area contributed by atoms with Crippen LogP contribution in [-0.4, -0.2) is 13.7 Å². The summed E-state index contributed by atoms with van der Waals surface area (Å²) in [7, 11) is 1.68. The SMILES string of the molecule is COc1ccc(C(Br)c2cc(Br)cc3c2OCC3)cc1. The predicted octanol–water partition coefficient (Wildman–Crippen LogP) is 4.88. The Bertz CT molecular complexity index is 623. The van der Waals surface area contributed by atoms with E-state index in [9.17, 15) is 0 Å². The van der Waals surface area contributed by atoms with E-state index in [4.69, 9.17) is 9.47 Å². The van der Waals surface area contributed by atoms with Gasteiger partial charge in [0.2, 0.25) is 0 Å². The van der Waals surface area contributed by atoms with Crippen LogP contribution in [0.5, 0.6) is 11.5 Å². The maximum atomic E-state index is 5.80. The Morgan fingerprint density at radius 1 is 1.20 bits per heavy atom. The molecule has 1 aliphatic rings. The van der Waals surface area contributed by atoms with Gasteiger partial charge in [-0.1, -0.05) is 44.0 Å². The molecule has 0 N–H and O–H groups in total. The van der Waals surface area contributed by atoms with E-state index in [2.05, 4.69) is 56.1 Å².